The van der Waals surface area contributed by atoms with Crippen molar-refractivity contribution in [2.24, 2.45) is 0 Å². The van der Waals surface area contributed by atoms with Gasteiger partial charge in [0.2, 0.25) is 5.91 Å². The van der Waals surface area contributed by atoms with Crippen molar-refractivity contribution < 1.29 is 9.59 Å². The number of benzene rings is 2. The van der Waals surface area contributed by atoms with Gasteiger partial charge in [0.05, 0.1) is 0 Å². The number of hydrogen-bond donors (Lipinski definition) is 2. The molecule has 0 radical (unpaired) electrons. The van der Waals surface area contributed by atoms with Gasteiger partial charge in [-0.3, -0.25) is 9.59 Å². The highest BCUT2D eigenvalue weighted by Crippen LogP contribution is 2.15. The Morgan fingerprint density at radius 2 is 1.62 bits per heavy atom. The molecule has 2 aromatic carbocycles. The maximum Gasteiger partial charge on any atom is 0.253 e. The van der Waals surface area contributed by atoms with Gasteiger partial charge in [-0.15, -0.1) is 12.4 Å². The van der Waals surface area contributed by atoms with Crippen molar-refractivity contribution in [3.05, 3.63) is 59.7 Å². The number of halogens is 1. The lowest BCUT2D eigenvalue weighted by Gasteiger charge is -2.18. The fraction of sp³-hybridized carbons (Fsp3) is 0.300. The number of amides is 2. The zero-order valence-corrected chi connectivity index (χ0v) is 16.0. The number of nitrogens with one attached hydrogen (secondary N) is 1. The van der Waals surface area contributed by atoms with Crippen LogP contribution in [0.25, 0.3) is 0 Å². The number of para-hydroxylation sites is 1. The molecule has 5 nitrogen and oxygen atoms in total. The predicted octanol–water partition coefficient (Wildman–Crippen LogP) is 3.74. The SMILES string of the molecule is CCN(CC)C(=O)c1ccc(NC(=O)CCc2ccccc2N)cc1.Cl. The third kappa shape index (κ3) is 5.77. The zero-order chi connectivity index (χ0) is 18.2. The van der Waals surface area contributed by atoms with E-state index in [1.807, 2.05) is 38.1 Å². The standard InChI is InChI=1S/C20H25N3O2.ClH/c1-3-23(4-2)20(25)16-9-12-17(13-10-16)22-19(24)14-11-15-7-5-6-8-18(15)21;/h5-10,12-13H,3-4,11,14,21H2,1-2H3,(H,22,24);1H. The van der Waals surface area contributed by atoms with E-state index in [9.17, 15) is 9.59 Å². The Hall–Kier alpha value is -2.53. The summed E-state index contributed by atoms with van der Waals surface area (Å²) in [6.45, 7) is 5.26. The zero-order valence-electron chi connectivity index (χ0n) is 15.2. The molecule has 0 aliphatic rings. The van der Waals surface area contributed by atoms with Crippen LogP contribution >= 0.6 is 12.4 Å². The number of hydrogen-bond acceptors (Lipinski definition) is 3. The molecule has 26 heavy (non-hydrogen) atoms. The summed E-state index contributed by atoms with van der Waals surface area (Å²) in [6.07, 6.45) is 0.950. The predicted molar refractivity (Wildman–Crippen MR) is 109 cm³/mol. The quantitative estimate of drug-likeness (QED) is 0.724. The van der Waals surface area contributed by atoms with E-state index in [2.05, 4.69) is 5.32 Å². The lowest BCUT2D eigenvalue weighted by Crippen LogP contribution is -2.30. The van der Waals surface area contributed by atoms with Crippen molar-refractivity contribution >= 4 is 35.6 Å². The summed E-state index contributed by atoms with van der Waals surface area (Å²) >= 11 is 0. The second kappa shape index (κ2) is 10.5. The Morgan fingerprint density at radius 3 is 2.19 bits per heavy atom. The largest absolute Gasteiger partial charge is 0.399 e. The number of carbonyl (C=O) groups is 2. The monoisotopic (exact) mass is 375 g/mol. The number of nitrogens with two attached hydrogens (primary N) is 1. The minimum atomic E-state index is -0.0777. The molecule has 2 rings (SSSR count). The van der Waals surface area contributed by atoms with E-state index >= 15 is 0 Å². The van der Waals surface area contributed by atoms with Crippen LogP contribution in [0.4, 0.5) is 11.4 Å². The van der Waals surface area contributed by atoms with Crippen molar-refractivity contribution in [3.63, 3.8) is 0 Å². The molecule has 0 aliphatic heterocycles. The van der Waals surface area contributed by atoms with E-state index in [4.69, 9.17) is 5.73 Å². The summed E-state index contributed by atoms with van der Waals surface area (Å²) in [6, 6.07) is 14.5. The number of nitrogens with zero attached hydrogens (tertiary/aromatic N) is 1. The van der Waals surface area contributed by atoms with E-state index in [0.29, 0.717) is 42.9 Å². The summed E-state index contributed by atoms with van der Waals surface area (Å²) in [5.41, 5.74) is 8.86. The van der Waals surface area contributed by atoms with Crippen LogP contribution in [0.15, 0.2) is 48.5 Å². The fourth-order valence-electron chi connectivity index (χ4n) is 2.62. The Kier molecular flexibility index (Phi) is 8.65. The van der Waals surface area contributed by atoms with Crippen LogP contribution in [0.5, 0.6) is 0 Å². The van der Waals surface area contributed by atoms with Gasteiger partial charge in [0.25, 0.3) is 5.91 Å². The van der Waals surface area contributed by atoms with Gasteiger partial charge in [-0.1, -0.05) is 18.2 Å². The normalized spacial score (nSPS) is 9.92. The lowest BCUT2D eigenvalue weighted by atomic mass is 10.1. The van der Waals surface area contributed by atoms with Gasteiger partial charge < -0.3 is 16.0 Å². The maximum atomic E-state index is 12.3. The summed E-state index contributed by atoms with van der Waals surface area (Å²) in [5.74, 6) is -0.0755. The Morgan fingerprint density at radius 1 is 1.00 bits per heavy atom. The van der Waals surface area contributed by atoms with Gasteiger partial charge in [-0.25, -0.2) is 0 Å². The number of aryl methyl sites for hydroxylation is 1. The van der Waals surface area contributed by atoms with Crippen LogP contribution in [-0.2, 0) is 11.2 Å². The van der Waals surface area contributed by atoms with E-state index in [1.54, 1.807) is 29.2 Å². The Bertz CT molecular complexity index is 728. The molecule has 0 bridgehead atoms. The molecule has 140 valence electrons. The smallest absolute Gasteiger partial charge is 0.253 e. The van der Waals surface area contributed by atoms with Crippen molar-refractivity contribution in [1.82, 2.24) is 4.90 Å². The van der Waals surface area contributed by atoms with Gasteiger partial charge >= 0.3 is 0 Å². The molecule has 0 heterocycles. The van der Waals surface area contributed by atoms with E-state index in [0.717, 1.165) is 5.56 Å². The molecule has 0 atom stereocenters. The van der Waals surface area contributed by atoms with Crippen LogP contribution in [0.3, 0.4) is 0 Å². The van der Waals surface area contributed by atoms with Gasteiger partial charge in [-0.2, -0.15) is 0 Å². The highest BCUT2D eigenvalue weighted by molar-refractivity contribution is 5.95. The van der Waals surface area contributed by atoms with Crippen LogP contribution < -0.4 is 11.1 Å². The average Bonchev–Trinajstić information content (AvgIpc) is 2.62. The number of rotatable bonds is 7. The van der Waals surface area contributed by atoms with Gasteiger partial charge in [0, 0.05) is 36.4 Å². The molecule has 0 aliphatic carbocycles. The molecule has 2 amide bonds. The third-order valence-corrected chi connectivity index (χ3v) is 4.14. The van der Waals surface area contributed by atoms with Crippen LogP contribution in [0.1, 0.15) is 36.2 Å². The molecule has 3 N–H and O–H groups in total. The first-order valence-electron chi connectivity index (χ1n) is 8.57. The molecule has 0 unspecified atom stereocenters. The Balaban J connectivity index is 0.00000338. The molecule has 2 aromatic rings. The van der Waals surface area contributed by atoms with Crippen LogP contribution in [-0.4, -0.2) is 29.8 Å². The summed E-state index contributed by atoms with van der Waals surface area (Å²) < 4.78 is 0. The number of anilines is 2. The number of carbonyl (C=O) groups excluding carboxylic acids is 2. The Labute approximate surface area is 161 Å². The first-order chi connectivity index (χ1) is 12.0. The first-order valence-corrected chi connectivity index (χ1v) is 8.57. The van der Waals surface area contributed by atoms with Gasteiger partial charge in [-0.05, 0) is 56.2 Å². The molecule has 0 saturated heterocycles. The summed E-state index contributed by atoms with van der Waals surface area (Å²) in [5, 5.41) is 2.85. The van der Waals surface area contributed by atoms with Crippen molar-refractivity contribution in [3.8, 4) is 0 Å². The molecular formula is C20H26ClN3O2. The summed E-state index contributed by atoms with van der Waals surface area (Å²) in [7, 11) is 0. The lowest BCUT2D eigenvalue weighted by molar-refractivity contribution is -0.116. The average molecular weight is 376 g/mol. The van der Waals surface area contributed by atoms with Gasteiger partial charge in [0.15, 0.2) is 0 Å². The third-order valence-electron chi connectivity index (χ3n) is 4.14. The number of nitrogen functional groups attached to an aromatic ring is 1. The fourth-order valence-corrected chi connectivity index (χ4v) is 2.62. The molecule has 0 fully saturated rings. The molecule has 0 spiro atoms. The van der Waals surface area contributed by atoms with Crippen molar-refractivity contribution in [1.29, 1.82) is 0 Å². The van der Waals surface area contributed by atoms with Crippen LogP contribution in [0.2, 0.25) is 0 Å². The van der Waals surface area contributed by atoms with E-state index in [-0.39, 0.29) is 24.2 Å². The topological polar surface area (TPSA) is 75.4 Å². The molecular weight excluding hydrogens is 350 g/mol. The van der Waals surface area contributed by atoms with Crippen molar-refractivity contribution in [2.45, 2.75) is 26.7 Å². The van der Waals surface area contributed by atoms with E-state index in [1.165, 1.54) is 0 Å². The highest BCUT2D eigenvalue weighted by atomic mass is 35.5. The minimum Gasteiger partial charge on any atom is -0.399 e. The molecule has 0 saturated carbocycles. The highest BCUT2D eigenvalue weighted by Gasteiger charge is 2.12. The van der Waals surface area contributed by atoms with E-state index < -0.39 is 0 Å². The van der Waals surface area contributed by atoms with Gasteiger partial charge in [0.1, 0.15) is 0 Å². The second-order valence-corrected chi connectivity index (χ2v) is 5.80. The summed E-state index contributed by atoms with van der Waals surface area (Å²) in [4.78, 5) is 26.1. The maximum absolute atomic E-state index is 12.3. The molecule has 0 aromatic heterocycles. The molecule has 6 heteroatoms. The first kappa shape index (κ1) is 21.5. The minimum absolute atomic E-state index is 0. The van der Waals surface area contributed by atoms with Crippen LogP contribution in [0, 0.1) is 0 Å². The van der Waals surface area contributed by atoms with Crippen molar-refractivity contribution in [2.75, 3.05) is 24.1 Å². The second-order valence-electron chi connectivity index (χ2n) is 5.80.